The van der Waals surface area contributed by atoms with Crippen LogP contribution < -0.4 is 11.4 Å². The Morgan fingerprint density at radius 2 is 2.50 bits per heavy atom. The normalized spacial score (nSPS) is 20.4. The first-order valence-corrected chi connectivity index (χ1v) is 4.08. The number of nitrogens with zero attached hydrogens (tertiary/aromatic N) is 2. The predicted octanol–water partition coefficient (Wildman–Crippen LogP) is -0.547. The van der Waals surface area contributed by atoms with Crippen LogP contribution in [0.25, 0.3) is 0 Å². The Bertz CT molecular complexity index is 322. The van der Waals surface area contributed by atoms with Crippen LogP contribution in [0.4, 0.5) is 0 Å². The van der Waals surface area contributed by atoms with Crippen LogP contribution in [-0.2, 0) is 6.54 Å². The van der Waals surface area contributed by atoms with Gasteiger partial charge in [0.25, 0.3) is 0 Å². The topological polar surface area (TPSA) is 76.7 Å². The summed E-state index contributed by atoms with van der Waals surface area (Å²) in [5.41, 5.74) is 5.63. The molecule has 0 bridgehead atoms. The third-order valence-corrected chi connectivity index (χ3v) is 2.45. The molecular weight excluding hydrogens is 156 g/mol. The number of nitrogens with one attached hydrogen (secondary N) is 1. The SMILES string of the molecule is NC1(Cn2cn[nH]c2=O)CCC1. The summed E-state index contributed by atoms with van der Waals surface area (Å²) >= 11 is 0. The fourth-order valence-electron chi connectivity index (χ4n) is 1.51. The van der Waals surface area contributed by atoms with Gasteiger partial charge < -0.3 is 5.73 Å². The minimum Gasteiger partial charge on any atom is -0.324 e. The molecule has 1 fully saturated rings. The summed E-state index contributed by atoms with van der Waals surface area (Å²) < 4.78 is 1.53. The van der Waals surface area contributed by atoms with Crippen molar-refractivity contribution in [2.75, 3.05) is 0 Å². The van der Waals surface area contributed by atoms with Crippen molar-refractivity contribution in [2.45, 2.75) is 31.3 Å². The summed E-state index contributed by atoms with van der Waals surface area (Å²) in [6, 6.07) is 0. The minimum atomic E-state index is -0.174. The van der Waals surface area contributed by atoms with Gasteiger partial charge in [0.1, 0.15) is 6.33 Å². The van der Waals surface area contributed by atoms with Crippen molar-refractivity contribution in [1.82, 2.24) is 14.8 Å². The Balaban J connectivity index is 2.13. The molecule has 0 aromatic carbocycles. The summed E-state index contributed by atoms with van der Waals surface area (Å²) in [5, 5.41) is 5.98. The summed E-state index contributed by atoms with van der Waals surface area (Å²) in [4.78, 5) is 11.0. The maximum Gasteiger partial charge on any atom is 0.343 e. The summed E-state index contributed by atoms with van der Waals surface area (Å²) in [7, 11) is 0. The molecule has 1 heterocycles. The lowest BCUT2D eigenvalue weighted by atomic mass is 9.78. The molecule has 12 heavy (non-hydrogen) atoms. The number of hydrogen-bond acceptors (Lipinski definition) is 3. The van der Waals surface area contributed by atoms with Gasteiger partial charge in [-0.3, -0.25) is 4.57 Å². The van der Waals surface area contributed by atoms with E-state index in [1.54, 1.807) is 0 Å². The van der Waals surface area contributed by atoms with Crippen molar-refractivity contribution >= 4 is 0 Å². The van der Waals surface area contributed by atoms with Crippen molar-refractivity contribution in [1.29, 1.82) is 0 Å². The first-order valence-electron chi connectivity index (χ1n) is 4.08. The summed E-state index contributed by atoms with van der Waals surface area (Å²) in [5.74, 6) is 0. The second-order valence-corrected chi connectivity index (χ2v) is 3.51. The molecule has 0 unspecified atom stereocenters. The summed E-state index contributed by atoms with van der Waals surface area (Å²) in [6.45, 7) is 0.586. The number of aromatic amines is 1. The van der Waals surface area contributed by atoms with E-state index in [9.17, 15) is 4.79 Å². The highest BCUT2D eigenvalue weighted by molar-refractivity contribution is 4.92. The zero-order chi connectivity index (χ0) is 8.60. The molecule has 1 saturated carbocycles. The molecule has 0 atom stereocenters. The van der Waals surface area contributed by atoms with Gasteiger partial charge in [0.05, 0.1) is 0 Å². The van der Waals surface area contributed by atoms with E-state index in [1.165, 1.54) is 17.3 Å². The van der Waals surface area contributed by atoms with E-state index in [4.69, 9.17) is 5.73 Å². The van der Waals surface area contributed by atoms with E-state index < -0.39 is 0 Å². The monoisotopic (exact) mass is 168 g/mol. The lowest BCUT2D eigenvalue weighted by Crippen LogP contribution is -2.51. The van der Waals surface area contributed by atoms with E-state index in [2.05, 4.69) is 10.2 Å². The molecule has 3 N–H and O–H groups in total. The number of aromatic nitrogens is 3. The molecule has 5 nitrogen and oxygen atoms in total. The number of hydrogen-bond donors (Lipinski definition) is 2. The van der Waals surface area contributed by atoms with Crippen molar-refractivity contribution in [3.8, 4) is 0 Å². The summed E-state index contributed by atoms with van der Waals surface area (Å²) in [6.07, 6.45) is 4.67. The number of H-pyrrole nitrogens is 1. The molecule has 0 spiro atoms. The van der Waals surface area contributed by atoms with Gasteiger partial charge in [-0.15, -0.1) is 0 Å². The van der Waals surface area contributed by atoms with E-state index in [1.807, 2.05) is 0 Å². The second kappa shape index (κ2) is 2.45. The van der Waals surface area contributed by atoms with Crippen LogP contribution >= 0.6 is 0 Å². The lowest BCUT2D eigenvalue weighted by molar-refractivity contribution is 0.213. The molecule has 5 heteroatoms. The maximum atomic E-state index is 11.0. The van der Waals surface area contributed by atoms with E-state index in [-0.39, 0.29) is 11.2 Å². The van der Waals surface area contributed by atoms with Crippen molar-refractivity contribution in [3.05, 3.63) is 16.8 Å². The minimum absolute atomic E-state index is 0.159. The van der Waals surface area contributed by atoms with E-state index in [0.29, 0.717) is 6.54 Å². The molecule has 66 valence electrons. The van der Waals surface area contributed by atoms with Crippen molar-refractivity contribution in [3.63, 3.8) is 0 Å². The van der Waals surface area contributed by atoms with Gasteiger partial charge in [-0.2, -0.15) is 5.10 Å². The zero-order valence-corrected chi connectivity index (χ0v) is 6.79. The molecule has 1 aliphatic rings. The van der Waals surface area contributed by atoms with Crippen LogP contribution in [0, 0.1) is 0 Å². The van der Waals surface area contributed by atoms with Crippen LogP contribution in [0.15, 0.2) is 11.1 Å². The molecule has 1 aliphatic carbocycles. The Hall–Kier alpha value is -1.10. The zero-order valence-electron chi connectivity index (χ0n) is 6.79. The predicted molar refractivity (Wildman–Crippen MR) is 43.6 cm³/mol. The molecule has 2 rings (SSSR count). The van der Waals surface area contributed by atoms with Gasteiger partial charge in [-0.1, -0.05) is 0 Å². The standard InChI is InChI=1S/C7H12N4O/c8-7(2-1-3-7)4-11-5-9-10-6(11)12/h5H,1-4,8H2,(H,10,12). The van der Waals surface area contributed by atoms with Gasteiger partial charge in [-0.25, -0.2) is 9.89 Å². The van der Waals surface area contributed by atoms with Crippen molar-refractivity contribution in [2.24, 2.45) is 5.73 Å². The second-order valence-electron chi connectivity index (χ2n) is 3.51. The quantitative estimate of drug-likeness (QED) is 0.622. The number of rotatable bonds is 2. The molecule has 0 aliphatic heterocycles. The smallest absolute Gasteiger partial charge is 0.324 e. The highest BCUT2D eigenvalue weighted by Gasteiger charge is 2.33. The average molecular weight is 168 g/mol. The molecular formula is C7H12N4O. The Morgan fingerprint density at radius 3 is 2.92 bits per heavy atom. The third kappa shape index (κ3) is 1.16. The van der Waals surface area contributed by atoms with Crippen LogP contribution in [-0.4, -0.2) is 20.3 Å². The number of nitrogens with two attached hydrogens (primary N) is 1. The van der Waals surface area contributed by atoms with Crippen molar-refractivity contribution < 1.29 is 0 Å². The molecule has 1 aromatic heterocycles. The first kappa shape index (κ1) is 7.54. The lowest BCUT2D eigenvalue weighted by Gasteiger charge is -2.37. The Morgan fingerprint density at radius 1 is 1.75 bits per heavy atom. The Kier molecular flexibility index (Phi) is 1.54. The maximum absolute atomic E-state index is 11.0. The molecule has 1 aromatic rings. The first-order chi connectivity index (χ1) is 5.70. The highest BCUT2D eigenvalue weighted by Crippen LogP contribution is 2.29. The van der Waals surface area contributed by atoms with Gasteiger partial charge in [-0.05, 0) is 19.3 Å². The fourth-order valence-corrected chi connectivity index (χ4v) is 1.51. The third-order valence-electron chi connectivity index (χ3n) is 2.45. The molecule has 0 saturated heterocycles. The fraction of sp³-hybridized carbons (Fsp3) is 0.714. The van der Waals surface area contributed by atoms with Crippen LogP contribution in [0.1, 0.15) is 19.3 Å². The van der Waals surface area contributed by atoms with Gasteiger partial charge >= 0.3 is 5.69 Å². The average Bonchev–Trinajstić information content (AvgIpc) is 2.34. The van der Waals surface area contributed by atoms with Crippen LogP contribution in [0.5, 0.6) is 0 Å². The van der Waals surface area contributed by atoms with Gasteiger partial charge in [0.15, 0.2) is 0 Å². The Labute approximate surface area is 69.6 Å². The van der Waals surface area contributed by atoms with E-state index >= 15 is 0 Å². The van der Waals surface area contributed by atoms with Crippen LogP contribution in [0.2, 0.25) is 0 Å². The van der Waals surface area contributed by atoms with E-state index in [0.717, 1.165) is 12.8 Å². The highest BCUT2D eigenvalue weighted by atomic mass is 16.1. The van der Waals surface area contributed by atoms with Gasteiger partial charge in [0, 0.05) is 12.1 Å². The largest absolute Gasteiger partial charge is 0.343 e. The van der Waals surface area contributed by atoms with Gasteiger partial charge in [0.2, 0.25) is 0 Å². The molecule has 0 radical (unpaired) electrons. The molecule has 0 amide bonds. The van der Waals surface area contributed by atoms with Crippen LogP contribution in [0.3, 0.4) is 0 Å².